The normalized spacial score (nSPS) is 10.7. The van der Waals surface area contributed by atoms with E-state index in [0.717, 1.165) is 5.56 Å². The number of sulfonamides is 1. The van der Waals surface area contributed by atoms with Gasteiger partial charge in [0.25, 0.3) is 10.0 Å². The molecule has 0 spiro atoms. The summed E-state index contributed by atoms with van der Waals surface area (Å²) in [6.07, 6.45) is 1.71. The molecule has 0 aliphatic rings. The van der Waals surface area contributed by atoms with Gasteiger partial charge in [-0.3, -0.25) is 4.72 Å². The molecule has 0 radical (unpaired) electrons. The van der Waals surface area contributed by atoms with Crippen molar-refractivity contribution in [2.45, 2.75) is 11.4 Å². The molecular formula is C14H14N4O2S. The first kappa shape index (κ1) is 14.8. The molecule has 108 valence electrons. The number of rotatable bonds is 5. The first-order valence-electron chi connectivity index (χ1n) is 6.18. The van der Waals surface area contributed by atoms with Crippen LogP contribution in [0, 0.1) is 11.3 Å². The fourth-order valence-corrected chi connectivity index (χ4v) is 2.98. The van der Waals surface area contributed by atoms with Gasteiger partial charge >= 0.3 is 0 Å². The van der Waals surface area contributed by atoms with Gasteiger partial charge in [0.1, 0.15) is 0 Å². The molecule has 6 nitrogen and oxygen atoms in total. The summed E-state index contributed by atoms with van der Waals surface area (Å²) in [6.45, 7) is 0. The Hall–Kier alpha value is -2.59. The van der Waals surface area contributed by atoms with Crippen molar-refractivity contribution in [3.05, 3.63) is 48.2 Å². The topological polar surface area (TPSA) is 94.9 Å². The highest BCUT2D eigenvalue weighted by atomic mass is 32.2. The Morgan fingerprint density at radius 2 is 1.95 bits per heavy atom. The Kier molecular flexibility index (Phi) is 4.40. The summed E-state index contributed by atoms with van der Waals surface area (Å²) in [7, 11) is -2.14. The van der Waals surface area contributed by atoms with Gasteiger partial charge in [-0.25, -0.2) is 4.98 Å². The second-order valence-electron chi connectivity index (χ2n) is 4.24. The van der Waals surface area contributed by atoms with Crippen LogP contribution in [0.5, 0.6) is 0 Å². The van der Waals surface area contributed by atoms with Crippen molar-refractivity contribution in [3.8, 4) is 6.07 Å². The minimum atomic E-state index is -3.77. The van der Waals surface area contributed by atoms with Gasteiger partial charge in [-0.05, 0) is 29.8 Å². The molecule has 1 aromatic heterocycles. The van der Waals surface area contributed by atoms with Crippen LogP contribution in [0.2, 0.25) is 0 Å². The zero-order valence-electron chi connectivity index (χ0n) is 11.4. The lowest BCUT2D eigenvalue weighted by molar-refractivity contribution is 0.598. The fraction of sp³-hybridized carbons (Fsp3) is 0.143. The van der Waals surface area contributed by atoms with Crippen molar-refractivity contribution in [2.24, 2.45) is 0 Å². The van der Waals surface area contributed by atoms with Crippen LogP contribution in [0.4, 0.5) is 11.4 Å². The summed E-state index contributed by atoms with van der Waals surface area (Å²) in [5, 5.41) is 11.3. The number of hydrogen-bond donors (Lipinski definition) is 2. The maximum Gasteiger partial charge on any atom is 0.281 e. The maximum absolute atomic E-state index is 12.3. The summed E-state index contributed by atoms with van der Waals surface area (Å²) in [4.78, 5) is 3.91. The predicted octanol–water partition coefficient (Wildman–Crippen LogP) is 1.99. The van der Waals surface area contributed by atoms with Crippen LogP contribution in [0.25, 0.3) is 0 Å². The number of hydrogen-bond acceptors (Lipinski definition) is 5. The van der Waals surface area contributed by atoms with Crippen LogP contribution in [0.15, 0.2) is 47.6 Å². The van der Waals surface area contributed by atoms with E-state index in [4.69, 9.17) is 5.26 Å². The van der Waals surface area contributed by atoms with Crippen LogP contribution in [0.3, 0.4) is 0 Å². The minimum Gasteiger partial charge on any atom is -0.386 e. The number of benzene rings is 1. The van der Waals surface area contributed by atoms with E-state index in [2.05, 4.69) is 15.0 Å². The van der Waals surface area contributed by atoms with Gasteiger partial charge in [-0.1, -0.05) is 12.1 Å². The molecule has 2 aromatic rings. The second kappa shape index (κ2) is 6.24. The van der Waals surface area contributed by atoms with Crippen LogP contribution in [0.1, 0.15) is 5.56 Å². The van der Waals surface area contributed by atoms with Crippen LogP contribution >= 0.6 is 0 Å². The van der Waals surface area contributed by atoms with Gasteiger partial charge in [-0.2, -0.15) is 13.7 Å². The Balaban J connectivity index is 2.27. The highest BCUT2D eigenvalue weighted by Crippen LogP contribution is 2.21. The van der Waals surface area contributed by atoms with Gasteiger partial charge in [0.2, 0.25) is 0 Å². The summed E-state index contributed by atoms with van der Waals surface area (Å²) < 4.78 is 27.1. The standard InChI is InChI=1S/C14H14N4O2S/c1-16-13-3-2-10-17-14(13)21(19,20)18-12-6-4-11(5-7-12)8-9-15/h2-7,10,16,18H,8H2,1H3. The van der Waals surface area contributed by atoms with E-state index in [1.54, 1.807) is 43.4 Å². The van der Waals surface area contributed by atoms with Gasteiger partial charge in [0.15, 0.2) is 5.03 Å². The number of aromatic nitrogens is 1. The molecule has 0 aliphatic carbocycles. The van der Waals surface area contributed by atoms with Crippen molar-refractivity contribution in [1.82, 2.24) is 4.98 Å². The summed E-state index contributed by atoms with van der Waals surface area (Å²) >= 11 is 0. The lowest BCUT2D eigenvalue weighted by atomic mass is 10.1. The van der Waals surface area contributed by atoms with E-state index in [-0.39, 0.29) is 11.4 Å². The minimum absolute atomic E-state index is 0.0615. The molecule has 0 atom stereocenters. The molecule has 1 heterocycles. The molecule has 2 rings (SSSR count). The third kappa shape index (κ3) is 3.49. The van der Waals surface area contributed by atoms with Crippen molar-refractivity contribution in [2.75, 3.05) is 17.1 Å². The number of nitrogens with one attached hydrogen (secondary N) is 2. The lowest BCUT2D eigenvalue weighted by Gasteiger charge is -2.11. The van der Waals surface area contributed by atoms with E-state index >= 15 is 0 Å². The molecule has 0 amide bonds. The highest BCUT2D eigenvalue weighted by Gasteiger charge is 2.19. The maximum atomic E-state index is 12.3. The van der Waals surface area contributed by atoms with Crippen LogP contribution in [-0.2, 0) is 16.4 Å². The average molecular weight is 302 g/mol. The van der Waals surface area contributed by atoms with Gasteiger partial charge in [0, 0.05) is 18.9 Å². The second-order valence-corrected chi connectivity index (χ2v) is 5.84. The van der Waals surface area contributed by atoms with E-state index in [1.165, 1.54) is 6.20 Å². The van der Waals surface area contributed by atoms with Crippen molar-refractivity contribution < 1.29 is 8.42 Å². The summed E-state index contributed by atoms with van der Waals surface area (Å²) in [5.41, 5.74) is 1.67. The quantitative estimate of drug-likeness (QED) is 0.880. The zero-order chi connectivity index (χ0) is 15.3. The average Bonchev–Trinajstić information content (AvgIpc) is 2.49. The van der Waals surface area contributed by atoms with E-state index in [9.17, 15) is 8.42 Å². The molecule has 0 bridgehead atoms. The molecule has 21 heavy (non-hydrogen) atoms. The summed E-state index contributed by atoms with van der Waals surface area (Å²) in [5.74, 6) is 0. The Morgan fingerprint density at radius 1 is 1.24 bits per heavy atom. The van der Waals surface area contributed by atoms with Crippen LogP contribution in [-0.4, -0.2) is 20.4 Å². The number of nitriles is 1. The molecule has 0 saturated carbocycles. The largest absolute Gasteiger partial charge is 0.386 e. The molecular weight excluding hydrogens is 288 g/mol. The lowest BCUT2D eigenvalue weighted by Crippen LogP contribution is -2.16. The Morgan fingerprint density at radius 3 is 2.57 bits per heavy atom. The molecule has 0 saturated heterocycles. The Labute approximate surface area is 123 Å². The van der Waals surface area contributed by atoms with Crippen molar-refractivity contribution in [1.29, 1.82) is 5.26 Å². The van der Waals surface area contributed by atoms with Crippen molar-refractivity contribution in [3.63, 3.8) is 0 Å². The van der Waals surface area contributed by atoms with E-state index in [0.29, 0.717) is 11.4 Å². The third-order valence-corrected chi connectivity index (χ3v) is 4.12. The van der Waals surface area contributed by atoms with Crippen LogP contribution < -0.4 is 10.0 Å². The first-order valence-corrected chi connectivity index (χ1v) is 7.66. The van der Waals surface area contributed by atoms with E-state index < -0.39 is 10.0 Å². The molecule has 0 fully saturated rings. The van der Waals surface area contributed by atoms with E-state index in [1.807, 2.05) is 6.07 Å². The smallest absolute Gasteiger partial charge is 0.281 e. The highest BCUT2D eigenvalue weighted by molar-refractivity contribution is 7.92. The molecule has 0 unspecified atom stereocenters. The van der Waals surface area contributed by atoms with Gasteiger partial charge in [0.05, 0.1) is 18.2 Å². The third-order valence-electron chi connectivity index (χ3n) is 2.78. The Bertz CT molecular complexity index is 764. The zero-order valence-corrected chi connectivity index (χ0v) is 12.2. The number of pyridine rings is 1. The van der Waals surface area contributed by atoms with Gasteiger partial charge in [-0.15, -0.1) is 0 Å². The monoisotopic (exact) mass is 302 g/mol. The molecule has 2 N–H and O–H groups in total. The molecule has 7 heteroatoms. The summed E-state index contributed by atoms with van der Waals surface area (Å²) in [6, 6.07) is 12.0. The first-order chi connectivity index (χ1) is 10.1. The number of anilines is 2. The predicted molar refractivity (Wildman–Crippen MR) is 80.4 cm³/mol. The molecule has 1 aromatic carbocycles. The number of nitrogens with zero attached hydrogens (tertiary/aromatic N) is 2. The SMILES string of the molecule is CNc1cccnc1S(=O)(=O)Nc1ccc(CC#N)cc1. The fourth-order valence-electron chi connectivity index (χ4n) is 1.78. The molecule has 0 aliphatic heterocycles. The van der Waals surface area contributed by atoms with Crippen molar-refractivity contribution >= 4 is 21.4 Å². The van der Waals surface area contributed by atoms with Gasteiger partial charge < -0.3 is 5.32 Å².